The molecule has 1 aliphatic carbocycles. The van der Waals surface area contributed by atoms with Gasteiger partial charge >= 0.3 is 12.1 Å². The lowest BCUT2D eigenvalue weighted by molar-refractivity contribution is -0.156. The minimum Gasteiger partial charge on any atom is -0.451 e. The molecule has 1 heterocycles. The molecule has 1 aliphatic heterocycles. The van der Waals surface area contributed by atoms with Crippen molar-refractivity contribution in [3.8, 4) is 0 Å². The van der Waals surface area contributed by atoms with Crippen molar-refractivity contribution in [2.75, 3.05) is 5.32 Å². The van der Waals surface area contributed by atoms with Crippen molar-refractivity contribution >= 4 is 29.2 Å². The Kier molecular flexibility index (Phi) is 6.16. The van der Waals surface area contributed by atoms with E-state index in [2.05, 4.69) is 16.2 Å². The van der Waals surface area contributed by atoms with Gasteiger partial charge in [0.05, 0.1) is 16.3 Å². The molecule has 0 radical (unpaired) electrons. The Labute approximate surface area is 165 Å². The molecule has 4 atom stereocenters. The maximum Gasteiger partial charge on any atom is 0.416 e. The molecule has 1 saturated heterocycles. The number of benzene rings is 1. The SMILES string of the molecule is CC(OC(=O)C1NNC2CCCCC21)C(=O)Nc1cc(C(F)(F)F)ccc1Cl. The minimum absolute atomic E-state index is 0.0495. The van der Waals surface area contributed by atoms with Crippen molar-refractivity contribution in [2.45, 2.75) is 57.0 Å². The number of esters is 1. The van der Waals surface area contributed by atoms with Gasteiger partial charge in [-0.05, 0) is 38.0 Å². The fourth-order valence-corrected chi connectivity index (χ4v) is 3.77. The van der Waals surface area contributed by atoms with Gasteiger partial charge in [-0.3, -0.25) is 15.0 Å². The number of amides is 1. The van der Waals surface area contributed by atoms with E-state index >= 15 is 0 Å². The largest absolute Gasteiger partial charge is 0.451 e. The molecule has 0 spiro atoms. The van der Waals surface area contributed by atoms with E-state index in [1.54, 1.807) is 0 Å². The summed E-state index contributed by atoms with van der Waals surface area (Å²) in [5, 5.41) is 2.24. The zero-order chi connectivity index (χ0) is 20.5. The number of rotatable bonds is 4. The molecule has 28 heavy (non-hydrogen) atoms. The number of hydrazine groups is 1. The van der Waals surface area contributed by atoms with E-state index in [0.29, 0.717) is 0 Å². The molecule has 0 bridgehead atoms. The summed E-state index contributed by atoms with van der Waals surface area (Å²) in [6.07, 6.45) is -1.80. The normalized spacial score (nSPS) is 25.7. The van der Waals surface area contributed by atoms with Gasteiger partial charge in [-0.1, -0.05) is 24.4 Å². The zero-order valence-corrected chi connectivity index (χ0v) is 15.9. The van der Waals surface area contributed by atoms with Gasteiger partial charge in [-0.15, -0.1) is 0 Å². The smallest absolute Gasteiger partial charge is 0.416 e. The number of hydrogen-bond acceptors (Lipinski definition) is 5. The number of halogens is 4. The third-order valence-electron chi connectivity index (χ3n) is 5.14. The molecular formula is C18H21ClF3N3O3. The molecule has 1 aromatic rings. The second-order valence-corrected chi connectivity index (χ2v) is 7.49. The van der Waals surface area contributed by atoms with Crippen LogP contribution in [0.25, 0.3) is 0 Å². The summed E-state index contributed by atoms with van der Waals surface area (Å²) in [5.41, 5.74) is 4.87. The molecule has 3 rings (SSSR count). The average molecular weight is 420 g/mol. The second-order valence-electron chi connectivity index (χ2n) is 7.08. The predicted molar refractivity (Wildman–Crippen MR) is 96.4 cm³/mol. The van der Waals surface area contributed by atoms with E-state index in [1.807, 2.05) is 0 Å². The van der Waals surface area contributed by atoms with Crippen LogP contribution in [0.15, 0.2) is 18.2 Å². The molecule has 0 aromatic heterocycles. The average Bonchev–Trinajstić information content (AvgIpc) is 3.06. The number of anilines is 1. The fraction of sp³-hybridized carbons (Fsp3) is 0.556. The van der Waals surface area contributed by atoms with Crippen LogP contribution in [0.5, 0.6) is 0 Å². The quantitative estimate of drug-likeness (QED) is 0.653. The Balaban J connectivity index is 1.61. The minimum atomic E-state index is -4.57. The van der Waals surface area contributed by atoms with E-state index in [1.165, 1.54) is 6.92 Å². The topological polar surface area (TPSA) is 79.5 Å². The molecule has 1 saturated carbocycles. The first kappa shape index (κ1) is 20.9. The van der Waals surface area contributed by atoms with Crippen molar-refractivity contribution < 1.29 is 27.5 Å². The Hall–Kier alpha value is -1.84. The van der Waals surface area contributed by atoms with Crippen LogP contribution in [-0.4, -0.2) is 30.1 Å². The molecule has 2 aliphatic rings. The van der Waals surface area contributed by atoms with Crippen molar-refractivity contribution in [3.63, 3.8) is 0 Å². The van der Waals surface area contributed by atoms with Crippen LogP contribution in [-0.2, 0) is 20.5 Å². The summed E-state index contributed by atoms with van der Waals surface area (Å²) in [6, 6.07) is 2.25. The van der Waals surface area contributed by atoms with Crippen molar-refractivity contribution in [1.82, 2.24) is 10.9 Å². The van der Waals surface area contributed by atoms with E-state index < -0.39 is 35.8 Å². The number of nitrogens with one attached hydrogen (secondary N) is 3. The molecule has 2 fully saturated rings. The lowest BCUT2D eigenvalue weighted by Crippen LogP contribution is -2.43. The van der Waals surface area contributed by atoms with Gasteiger partial charge in [0, 0.05) is 12.0 Å². The predicted octanol–water partition coefficient (Wildman–Crippen LogP) is 3.26. The zero-order valence-electron chi connectivity index (χ0n) is 15.1. The fourth-order valence-electron chi connectivity index (χ4n) is 3.61. The Bertz CT molecular complexity index is 759. The number of hydrogen-bond donors (Lipinski definition) is 3. The molecule has 6 nitrogen and oxygen atoms in total. The van der Waals surface area contributed by atoms with Gasteiger partial charge in [0.15, 0.2) is 6.10 Å². The summed E-state index contributed by atoms with van der Waals surface area (Å²) < 4.78 is 43.8. The van der Waals surface area contributed by atoms with Crippen molar-refractivity contribution in [1.29, 1.82) is 0 Å². The Morgan fingerprint density at radius 2 is 1.96 bits per heavy atom. The maximum absolute atomic E-state index is 12.8. The van der Waals surface area contributed by atoms with Crippen LogP contribution in [0.2, 0.25) is 5.02 Å². The summed E-state index contributed by atoms with van der Waals surface area (Å²) in [6.45, 7) is 1.36. The highest BCUT2D eigenvalue weighted by molar-refractivity contribution is 6.33. The van der Waals surface area contributed by atoms with E-state index in [-0.39, 0.29) is 22.7 Å². The maximum atomic E-state index is 12.8. The highest BCUT2D eigenvalue weighted by Gasteiger charge is 2.42. The highest BCUT2D eigenvalue weighted by Crippen LogP contribution is 2.34. The van der Waals surface area contributed by atoms with Gasteiger partial charge in [0.25, 0.3) is 5.91 Å². The Morgan fingerprint density at radius 3 is 2.68 bits per heavy atom. The molecule has 1 amide bonds. The molecule has 4 unspecified atom stereocenters. The van der Waals surface area contributed by atoms with Gasteiger partial charge in [0.2, 0.25) is 0 Å². The molecule has 10 heteroatoms. The standard InChI is InChI=1S/C18H21ClF3N3O3/c1-9(28-17(27)15-11-4-2-3-5-13(11)24-25-15)16(26)23-14-8-10(18(20,21)22)6-7-12(14)19/h6-9,11,13,15,24-25H,2-5H2,1H3,(H,23,26). The Morgan fingerprint density at radius 1 is 1.25 bits per heavy atom. The van der Waals surface area contributed by atoms with Gasteiger partial charge in [0.1, 0.15) is 6.04 Å². The summed E-state index contributed by atoms with van der Waals surface area (Å²) >= 11 is 5.87. The monoisotopic (exact) mass is 419 g/mol. The third kappa shape index (κ3) is 4.59. The number of fused-ring (bicyclic) bond motifs is 1. The van der Waals surface area contributed by atoms with Gasteiger partial charge in [-0.25, -0.2) is 5.43 Å². The van der Waals surface area contributed by atoms with Gasteiger partial charge < -0.3 is 10.1 Å². The van der Waals surface area contributed by atoms with Crippen LogP contribution in [0.1, 0.15) is 38.2 Å². The molecular weight excluding hydrogens is 399 g/mol. The summed E-state index contributed by atoms with van der Waals surface area (Å²) in [5.74, 6) is -1.24. The first-order chi connectivity index (χ1) is 13.2. The van der Waals surface area contributed by atoms with E-state index in [4.69, 9.17) is 16.3 Å². The number of ether oxygens (including phenoxy) is 1. The highest BCUT2D eigenvalue weighted by atomic mass is 35.5. The van der Waals surface area contributed by atoms with E-state index in [9.17, 15) is 22.8 Å². The summed E-state index contributed by atoms with van der Waals surface area (Å²) in [4.78, 5) is 24.7. The first-order valence-electron chi connectivity index (χ1n) is 9.06. The lowest BCUT2D eigenvalue weighted by Gasteiger charge is -2.26. The molecule has 3 N–H and O–H groups in total. The molecule has 154 valence electrons. The van der Waals surface area contributed by atoms with Crippen molar-refractivity contribution in [3.05, 3.63) is 28.8 Å². The van der Waals surface area contributed by atoms with Crippen LogP contribution in [0.4, 0.5) is 18.9 Å². The first-order valence-corrected chi connectivity index (χ1v) is 9.44. The molecule has 1 aromatic carbocycles. The summed E-state index contributed by atoms with van der Waals surface area (Å²) in [7, 11) is 0. The number of carbonyl (C=O) groups is 2. The lowest BCUT2D eigenvalue weighted by atomic mass is 9.82. The second kappa shape index (κ2) is 8.26. The van der Waals surface area contributed by atoms with Crippen LogP contribution < -0.4 is 16.2 Å². The third-order valence-corrected chi connectivity index (χ3v) is 5.47. The number of alkyl halides is 3. The van der Waals surface area contributed by atoms with Crippen molar-refractivity contribution in [2.24, 2.45) is 5.92 Å². The number of carbonyl (C=O) groups excluding carboxylic acids is 2. The van der Waals surface area contributed by atoms with Crippen LogP contribution in [0.3, 0.4) is 0 Å². The van der Waals surface area contributed by atoms with Crippen LogP contribution in [0, 0.1) is 5.92 Å². The van der Waals surface area contributed by atoms with Gasteiger partial charge in [-0.2, -0.15) is 13.2 Å². The van der Waals surface area contributed by atoms with E-state index in [0.717, 1.165) is 43.9 Å². The van der Waals surface area contributed by atoms with Crippen LogP contribution >= 0.6 is 11.6 Å².